The first kappa shape index (κ1) is 13.2. The van der Waals surface area contributed by atoms with Gasteiger partial charge < -0.3 is 10.4 Å². The summed E-state index contributed by atoms with van der Waals surface area (Å²) in [6, 6.07) is 7.60. The van der Waals surface area contributed by atoms with Gasteiger partial charge in [0, 0.05) is 11.0 Å². The normalized spacial score (nSPS) is 11.2. The number of carbonyl (C=O) groups is 1. The van der Waals surface area contributed by atoms with Crippen LogP contribution in [0.4, 0.5) is 0 Å². The summed E-state index contributed by atoms with van der Waals surface area (Å²) in [6.07, 6.45) is 0.337. The summed E-state index contributed by atoms with van der Waals surface area (Å²) in [5, 5.41) is 12.1. The van der Waals surface area contributed by atoms with E-state index >= 15 is 0 Å². The zero-order chi connectivity index (χ0) is 12.2. The molecule has 4 heteroatoms. The maximum absolute atomic E-state index is 11.5. The first-order chi connectivity index (χ1) is 7.37. The Kier molecular flexibility index (Phi) is 4.50. The third kappa shape index (κ3) is 5.28. The molecule has 1 aromatic carbocycles. The van der Waals surface area contributed by atoms with Crippen LogP contribution in [0.25, 0.3) is 0 Å². The molecule has 0 spiro atoms. The highest BCUT2D eigenvalue weighted by molar-refractivity contribution is 9.10. The van der Waals surface area contributed by atoms with Crippen LogP contribution in [0, 0.1) is 0 Å². The summed E-state index contributed by atoms with van der Waals surface area (Å²) in [4.78, 5) is 11.5. The van der Waals surface area contributed by atoms with Crippen LogP contribution in [0.1, 0.15) is 19.4 Å². The Balaban J connectivity index is 2.43. The van der Waals surface area contributed by atoms with E-state index in [2.05, 4.69) is 21.2 Å². The summed E-state index contributed by atoms with van der Waals surface area (Å²) < 4.78 is 0.994. The maximum atomic E-state index is 11.5. The lowest BCUT2D eigenvalue weighted by Gasteiger charge is -2.17. The Morgan fingerprint density at radius 1 is 1.38 bits per heavy atom. The highest BCUT2D eigenvalue weighted by Gasteiger charge is 2.13. The van der Waals surface area contributed by atoms with Gasteiger partial charge in [-0.05, 0) is 31.5 Å². The zero-order valence-electron chi connectivity index (χ0n) is 9.46. The number of amides is 1. The molecule has 0 heterocycles. The minimum Gasteiger partial charge on any atom is -0.389 e. The predicted octanol–water partition coefficient (Wildman–Crippen LogP) is 1.88. The molecule has 0 aliphatic carbocycles. The molecule has 0 unspecified atom stereocenters. The Labute approximate surface area is 104 Å². The van der Waals surface area contributed by atoms with Crippen molar-refractivity contribution in [3.8, 4) is 0 Å². The average Bonchev–Trinajstić information content (AvgIpc) is 2.18. The highest BCUT2D eigenvalue weighted by atomic mass is 79.9. The first-order valence-corrected chi connectivity index (χ1v) is 5.90. The Hall–Kier alpha value is -0.870. The number of aliphatic hydroxyl groups is 1. The molecule has 0 aliphatic rings. The second-order valence-corrected chi connectivity index (χ2v) is 5.31. The van der Waals surface area contributed by atoms with Gasteiger partial charge in [0.2, 0.25) is 5.91 Å². The molecule has 0 aliphatic heterocycles. The van der Waals surface area contributed by atoms with Crippen molar-refractivity contribution in [2.45, 2.75) is 25.9 Å². The fourth-order valence-electron chi connectivity index (χ4n) is 1.17. The number of halogens is 1. The molecule has 88 valence electrons. The Morgan fingerprint density at radius 3 is 2.44 bits per heavy atom. The smallest absolute Gasteiger partial charge is 0.224 e. The lowest BCUT2D eigenvalue weighted by molar-refractivity contribution is -0.121. The Bertz CT molecular complexity index is 354. The number of nitrogens with one attached hydrogen (secondary N) is 1. The van der Waals surface area contributed by atoms with E-state index in [-0.39, 0.29) is 12.5 Å². The van der Waals surface area contributed by atoms with Crippen LogP contribution in [0.5, 0.6) is 0 Å². The standard InChI is InChI=1S/C12H16BrNO2/c1-12(2,16)8-14-11(15)7-9-3-5-10(13)6-4-9/h3-6,16H,7-8H2,1-2H3,(H,14,15). The van der Waals surface area contributed by atoms with Crippen LogP contribution in [-0.4, -0.2) is 23.2 Å². The summed E-state index contributed by atoms with van der Waals surface area (Å²) in [5.74, 6) is -0.0792. The summed E-state index contributed by atoms with van der Waals surface area (Å²) in [7, 11) is 0. The van der Waals surface area contributed by atoms with Gasteiger partial charge in [-0.1, -0.05) is 28.1 Å². The van der Waals surface area contributed by atoms with E-state index in [0.29, 0.717) is 6.42 Å². The van der Waals surface area contributed by atoms with E-state index in [1.807, 2.05) is 24.3 Å². The molecule has 3 nitrogen and oxygen atoms in total. The third-order valence-electron chi connectivity index (χ3n) is 2.00. The third-order valence-corrected chi connectivity index (χ3v) is 2.52. The number of hydrogen-bond donors (Lipinski definition) is 2. The quantitative estimate of drug-likeness (QED) is 0.888. The monoisotopic (exact) mass is 285 g/mol. The topological polar surface area (TPSA) is 49.3 Å². The molecule has 1 rings (SSSR count). The number of rotatable bonds is 4. The van der Waals surface area contributed by atoms with E-state index in [1.54, 1.807) is 13.8 Å². The first-order valence-electron chi connectivity index (χ1n) is 5.10. The number of hydrogen-bond acceptors (Lipinski definition) is 2. The SMILES string of the molecule is CC(C)(O)CNC(=O)Cc1ccc(Br)cc1. The van der Waals surface area contributed by atoms with Crippen molar-refractivity contribution < 1.29 is 9.90 Å². The van der Waals surface area contributed by atoms with Gasteiger partial charge in [-0.25, -0.2) is 0 Å². The molecule has 1 aromatic rings. The van der Waals surface area contributed by atoms with Gasteiger partial charge in [0.1, 0.15) is 0 Å². The van der Waals surface area contributed by atoms with Crippen molar-refractivity contribution in [1.82, 2.24) is 5.32 Å². The maximum Gasteiger partial charge on any atom is 0.224 e. The van der Waals surface area contributed by atoms with E-state index in [9.17, 15) is 9.90 Å². The van der Waals surface area contributed by atoms with Crippen molar-refractivity contribution in [3.63, 3.8) is 0 Å². The molecule has 0 saturated heterocycles. The van der Waals surface area contributed by atoms with Gasteiger partial charge >= 0.3 is 0 Å². The van der Waals surface area contributed by atoms with Crippen LogP contribution in [0.3, 0.4) is 0 Å². The van der Waals surface area contributed by atoms with Gasteiger partial charge in [0.15, 0.2) is 0 Å². The highest BCUT2D eigenvalue weighted by Crippen LogP contribution is 2.10. The fraction of sp³-hybridized carbons (Fsp3) is 0.417. The number of carbonyl (C=O) groups excluding carboxylic acids is 1. The molecule has 0 aromatic heterocycles. The molecule has 16 heavy (non-hydrogen) atoms. The minimum atomic E-state index is -0.866. The van der Waals surface area contributed by atoms with Gasteiger partial charge in [-0.15, -0.1) is 0 Å². The predicted molar refractivity (Wildman–Crippen MR) is 67.2 cm³/mol. The Morgan fingerprint density at radius 2 is 1.94 bits per heavy atom. The van der Waals surface area contributed by atoms with E-state index in [0.717, 1.165) is 10.0 Å². The van der Waals surface area contributed by atoms with Crippen molar-refractivity contribution >= 4 is 21.8 Å². The van der Waals surface area contributed by atoms with Gasteiger partial charge in [0.25, 0.3) is 0 Å². The zero-order valence-corrected chi connectivity index (χ0v) is 11.0. The van der Waals surface area contributed by atoms with Crippen molar-refractivity contribution in [2.75, 3.05) is 6.54 Å². The summed E-state index contributed by atoms with van der Waals surface area (Å²) >= 11 is 3.33. The van der Waals surface area contributed by atoms with E-state index < -0.39 is 5.60 Å². The van der Waals surface area contributed by atoms with E-state index in [1.165, 1.54) is 0 Å². The van der Waals surface area contributed by atoms with Crippen LogP contribution in [0.15, 0.2) is 28.7 Å². The second-order valence-electron chi connectivity index (χ2n) is 4.39. The fourth-order valence-corrected chi connectivity index (χ4v) is 1.43. The molecule has 2 N–H and O–H groups in total. The van der Waals surface area contributed by atoms with Crippen LogP contribution in [-0.2, 0) is 11.2 Å². The summed E-state index contributed by atoms with van der Waals surface area (Å²) in [6.45, 7) is 3.59. The molecule has 0 radical (unpaired) electrons. The van der Waals surface area contributed by atoms with E-state index in [4.69, 9.17) is 0 Å². The molecule has 1 amide bonds. The van der Waals surface area contributed by atoms with Crippen LogP contribution < -0.4 is 5.32 Å². The number of benzene rings is 1. The summed E-state index contributed by atoms with van der Waals surface area (Å²) in [5.41, 5.74) is 0.0893. The molecule has 0 saturated carbocycles. The molecule has 0 bridgehead atoms. The minimum absolute atomic E-state index is 0.0792. The molecular weight excluding hydrogens is 270 g/mol. The second kappa shape index (κ2) is 5.46. The van der Waals surface area contributed by atoms with Gasteiger partial charge in [0.05, 0.1) is 12.0 Å². The molecular formula is C12H16BrNO2. The molecule has 0 atom stereocenters. The molecule has 0 fully saturated rings. The van der Waals surface area contributed by atoms with Gasteiger partial charge in [-0.3, -0.25) is 4.79 Å². The van der Waals surface area contributed by atoms with Crippen molar-refractivity contribution in [1.29, 1.82) is 0 Å². The largest absolute Gasteiger partial charge is 0.389 e. The van der Waals surface area contributed by atoms with Gasteiger partial charge in [-0.2, -0.15) is 0 Å². The lowest BCUT2D eigenvalue weighted by atomic mass is 10.1. The van der Waals surface area contributed by atoms with Crippen molar-refractivity contribution in [3.05, 3.63) is 34.3 Å². The van der Waals surface area contributed by atoms with Crippen LogP contribution in [0.2, 0.25) is 0 Å². The van der Waals surface area contributed by atoms with Crippen LogP contribution >= 0.6 is 15.9 Å². The van der Waals surface area contributed by atoms with Crippen molar-refractivity contribution in [2.24, 2.45) is 0 Å². The average molecular weight is 286 g/mol. The lowest BCUT2D eigenvalue weighted by Crippen LogP contribution is -2.38.